The van der Waals surface area contributed by atoms with Crippen LogP contribution in [0.15, 0.2) is 57.4 Å². The second-order valence-electron chi connectivity index (χ2n) is 8.02. The van der Waals surface area contributed by atoms with Crippen molar-refractivity contribution in [2.45, 2.75) is 25.4 Å². The maximum Gasteiger partial charge on any atom is 0.294 e. The summed E-state index contributed by atoms with van der Waals surface area (Å²) in [5, 5.41) is 3.72. The second kappa shape index (κ2) is 8.96. The third-order valence-electron chi connectivity index (χ3n) is 5.79. The summed E-state index contributed by atoms with van der Waals surface area (Å²) in [4.78, 5) is 28.6. The predicted molar refractivity (Wildman–Crippen MR) is 124 cm³/mol. The fraction of sp³-hybridized carbons (Fsp3) is 0.333. The molecule has 1 aromatic heterocycles. The number of fused-ring (bicyclic) bond motifs is 3. The Bertz CT molecular complexity index is 1150. The lowest BCUT2D eigenvalue weighted by Gasteiger charge is -2.38. The number of hydrogen-bond acceptors (Lipinski definition) is 5. The van der Waals surface area contributed by atoms with E-state index in [0.29, 0.717) is 16.7 Å². The van der Waals surface area contributed by atoms with Crippen LogP contribution in [0.4, 0.5) is 0 Å². The molecule has 1 N–H and O–H groups in total. The van der Waals surface area contributed by atoms with Crippen LogP contribution in [0, 0.1) is 0 Å². The second-order valence-corrected chi connectivity index (χ2v) is 8.93. The van der Waals surface area contributed by atoms with Crippen molar-refractivity contribution in [3.8, 4) is 5.75 Å². The van der Waals surface area contributed by atoms with Crippen molar-refractivity contribution in [1.29, 1.82) is 0 Å². The number of ether oxygens (including phenoxy) is 2. The molecule has 0 saturated heterocycles. The van der Waals surface area contributed by atoms with E-state index in [9.17, 15) is 9.59 Å². The summed E-state index contributed by atoms with van der Waals surface area (Å²) in [5.41, 5.74) is 0.245. The van der Waals surface area contributed by atoms with E-state index in [2.05, 4.69) is 21.2 Å². The predicted octanol–water partition coefficient (Wildman–Crippen LogP) is 4.31. The molecule has 0 radical (unpaired) electrons. The minimum absolute atomic E-state index is 0.0203. The summed E-state index contributed by atoms with van der Waals surface area (Å²) >= 11 is 3.42. The zero-order chi connectivity index (χ0) is 22.9. The molecule has 2 aromatic carbocycles. The minimum atomic E-state index is -1.26. The number of benzene rings is 2. The summed E-state index contributed by atoms with van der Waals surface area (Å²) in [5.74, 6) is -0.281. The van der Waals surface area contributed by atoms with E-state index in [0.717, 1.165) is 10.0 Å². The highest BCUT2D eigenvalue weighted by Crippen LogP contribution is 2.39. The number of methoxy groups -OCH3 is 1. The van der Waals surface area contributed by atoms with Crippen molar-refractivity contribution in [3.05, 3.63) is 64.3 Å². The highest BCUT2D eigenvalue weighted by molar-refractivity contribution is 9.10. The Kier molecular flexibility index (Phi) is 6.26. The van der Waals surface area contributed by atoms with Gasteiger partial charge in [0.05, 0.1) is 18.0 Å². The molecule has 1 aliphatic heterocycles. The van der Waals surface area contributed by atoms with E-state index >= 15 is 0 Å². The molecule has 8 heteroatoms. The quantitative estimate of drug-likeness (QED) is 0.545. The van der Waals surface area contributed by atoms with Crippen LogP contribution in [0.3, 0.4) is 0 Å². The molecule has 1 aliphatic rings. The first-order valence-corrected chi connectivity index (χ1v) is 11.2. The number of carbonyl (C=O) groups excluding carboxylic acids is 2. The number of nitrogens with one attached hydrogen (secondary N) is 1. The van der Waals surface area contributed by atoms with Crippen LogP contribution in [0.25, 0.3) is 11.0 Å². The molecule has 2 atom stereocenters. The van der Waals surface area contributed by atoms with Crippen molar-refractivity contribution in [2.75, 3.05) is 26.9 Å². The lowest BCUT2D eigenvalue weighted by molar-refractivity contribution is -0.133. The van der Waals surface area contributed by atoms with Crippen LogP contribution in [-0.2, 0) is 9.53 Å². The van der Waals surface area contributed by atoms with Gasteiger partial charge in [0.2, 0.25) is 11.7 Å². The number of rotatable bonds is 6. The average Bonchev–Trinajstić information content (AvgIpc) is 3.11. The number of furan rings is 1. The molecule has 0 bridgehead atoms. The van der Waals surface area contributed by atoms with E-state index in [1.807, 2.05) is 49.4 Å². The van der Waals surface area contributed by atoms with E-state index in [1.165, 1.54) is 4.90 Å². The summed E-state index contributed by atoms with van der Waals surface area (Å²) in [6, 6.07) is 14.9. The van der Waals surface area contributed by atoms with Gasteiger partial charge in [0, 0.05) is 18.1 Å². The molecular formula is C24H25BrN2O5. The molecule has 0 unspecified atom stereocenters. The zero-order valence-corrected chi connectivity index (χ0v) is 19.8. The molecule has 168 valence electrons. The van der Waals surface area contributed by atoms with Gasteiger partial charge >= 0.3 is 0 Å². The Morgan fingerprint density at radius 2 is 2.03 bits per heavy atom. The van der Waals surface area contributed by atoms with Crippen LogP contribution in [-0.4, -0.2) is 49.1 Å². The van der Waals surface area contributed by atoms with Gasteiger partial charge in [-0.25, -0.2) is 0 Å². The highest BCUT2D eigenvalue weighted by Gasteiger charge is 2.48. The Balaban J connectivity index is 1.69. The third-order valence-corrected chi connectivity index (χ3v) is 6.29. The lowest BCUT2D eigenvalue weighted by Crippen LogP contribution is -2.62. The minimum Gasteiger partial charge on any atom is -0.486 e. The topological polar surface area (TPSA) is 81.0 Å². The highest BCUT2D eigenvalue weighted by atomic mass is 79.9. The van der Waals surface area contributed by atoms with Crippen molar-refractivity contribution in [3.63, 3.8) is 0 Å². The van der Waals surface area contributed by atoms with E-state index in [-0.39, 0.29) is 37.5 Å². The fourth-order valence-corrected chi connectivity index (χ4v) is 4.20. The third kappa shape index (κ3) is 4.00. The number of amides is 2. The molecule has 0 saturated carbocycles. The molecular weight excluding hydrogens is 476 g/mol. The van der Waals surface area contributed by atoms with Crippen LogP contribution in [0.2, 0.25) is 0 Å². The lowest BCUT2D eigenvalue weighted by atomic mass is 9.98. The first-order chi connectivity index (χ1) is 15.3. The maximum absolute atomic E-state index is 13.6. The van der Waals surface area contributed by atoms with Crippen LogP contribution in [0.1, 0.15) is 36.0 Å². The van der Waals surface area contributed by atoms with E-state index in [4.69, 9.17) is 13.9 Å². The van der Waals surface area contributed by atoms with Crippen LogP contribution >= 0.6 is 15.9 Å². The van der Waals surface area contributed by atoms with Crippen LogP contribution < -0.4 is 10.1 Å². The molecule has 4 rings (SSSR count). The van der Waals surface area contributed by atoms with Crippen molar-refractivity contribution >= 4 is 38.7 Å². The average molecular weight is 501 g/mol. The Morgan fingerprint density at radius 1 is 1.28 bits per heavy atom. The van der Waals surface area contributed by atoms with Gasteiger partial charge in [-0.15, -0.1) is 0 Å². The van der Waals surface area contributed by atoms with Gasteiger partial charge < -0.3 is 24.1 Å². The van der Waals surface area contributed by atoms with Crippen molar-refractivity contribution in [1.82, 2.24) is 10.2 Å². The molecule has 3 aromatic rings. The molecule has 0 fully saturated rings. The number of hydrogen-bond donors (Lipinski definition) is 1. The maximum atomic E-state index is 13.6. The summed E-state index contributed by atoms with van der Waals surface area (Å²) < 4.78 is 18.0. The number of halogens is 1. The zero-order valence-electron chi connectivity index (χ0n) is 18.2. The molecule has 0 spiro atoms. The van der Waals surface area contributed by atoms with E-state index in [1.54, 1.807) is 20.1 Å². The first kappa shape index (κ1) is 22.4. The summed E-state index contributed by atoms with van der Waals surface area (Å²) in [6.45, 7) is 4.07. The SMILES string of the molecule is COCCN1C(=O)c2oc3cc(Br)ccc3c2OC[C@@]1(C)C(=O)N[C@@H](C)c1ccccc1. The number of nitrogens with zero attached hydrogens (tertiary/aromatic N) is 1. The Morgan fingerprint density at radius 3 is 2.75 bits per heavy atom. The normalized spacial score (nSPS) is 19.2. The Labute approximate surface area is 194 Å². The van der Waals surface area contributed by atoms with Crippen molar-refractivity contribution < 1.29 is 23.5 Å². The molecule has 2 amide bonds. The largest absolute Gasteiger partial charge is 0.486 e. The van der Waals surface area contributed by atoms with Gasteiger partial charge in [-0.2, -0.15) is 0 Å². The monoisotopic (exact) mass is 500 g/mol. The molecule has 32 heavy (non-hydrogen) atoms. The molecule has 7 nitrogen and oxygen atoms in total. The summed E-state index contributed by atoms with van der Waals surface area (Å²) in [7, 11) is 1.55. The van der Waals surface area contributed by atoms with Crippen LogP contribution in [0.5, 0.6) is 5.75 Å². The van der Waals surface area contributed by atoms with Gasteiger partial charge in [-0.3, -0.25) is 9.59 Å². The van der Waals surface area contributed by atoms with Crippen molar-refractivity contribution in [2.24, 2.45) is 0 Å². The first-order valence-electron chi connectivity index (χ1n) is 10.4. The van der Waals surface area contributed by atoms with Gasteiger partial charge in [0.1, 0.15) is 12.2 Å². The Hall–Kier alpha value is -2.84. The number of carbonyl (C=O) groups is 2. The van der Waals surface area contributed by atoms with E-state index < -0.39 is 11.4 Å². The molecule has 0 aliphatic carbocycles. The smallest absolute Gasteiger partial charge is 0.294 e. The fourth-order valence-electron chi connectivity index (χ4n) is 3.86. The standard InChI is InChI=1S/C24H25BrN2O5/c1-15(16-7-5-4-6-8-16)26-23(29)24(2)14-31-20-18-10-9-17(25)13-19(18)32-21(20)22(28)27(24)11-12-30-3/h4-10,13,15H,11-12,14H2,1-3H3,(H,26,29)/t15-,24-/m0/s1. The van der Waals surface area contributed by atoms with Gasteiger partial charge in [0.25, 0.3) is 5.91 Å². The van der Waals surface area contributed by atoms with Gasteiger partial charge in [-0.05, 0) is 37.6 Å². The van der Waals surface area contributed by atoms with Gasteiger partial charge in [-0.1, -0.05) is 46.3 Å². The van der Waals surface area contributed by atoms with Gasteiger partial charge in [0.15, 0.2) is 11.3 Å². The molecule has 2 heterocycles. The summed E-state index contributed by atoms with van der Waals surface area (Å²) in [6.07, 6.45) is 0.